The summed E-state index contributed by atoms with van der Waals surface area (Å²) >= 11 is 0. The van der Waals surface area contributed by atoms with Crippen LogP contribution in [0.4, 0.5) is 0 Å². The largest absolute Gasteiger partial charge is 0.378 e. The number of aromatic amines is 1. The van der Waals surface area contributed by atoms with E-state index in [-0.39, 0.29) is 0 Å². The lowest BCUT2D eigenvalue weighted by atomic mass is 9.93. The number of ether oxygens (including phenoxy) is 1. The third-order valence-electron chi connectivity index (χ3n) is 5.29. The Morgan fingerprint density at radius 1 is 1.20 bits per heavy atom. The molecule has 0 bridgehead atoms. The van der Waals surface area contributed by atoms with E-state index in [2.05, 4.69) is 50.5 Å². The van der Waals surface area contributed by atoms with Crippen LogP contribution in [-0.2, 0) is 4.74 Å². The summed E-state index contributed by atoms with van der Waals surface area (Å²) in [7, 11) is 0. The van der Waals surface area contributed by atoms with Gasteiger partial charge >= 0.3 is 0 Å². The topological polar surface area (TPSA) is 71.9 Å². The minimum absolute atomic E-state index is 0.341. The monoisotopic (exact) mass is 338 g/mol. The Balaban J connectivity index is 1.45. The molecule has 0 amide bonds. The third-order valence-corrected chi connectivity index (χ3v) is 5.29. The standard InChI is InChI=1S/C18H22N6O/c1-11(2)24-17(13-6-23(7-13)14-8-25-9-14)4-15(22-24)12-3-16-18(19-5-12)21-10-20-16/h3-5,10-11,13-14H,6-9H2,1-2H3,(H,19,20,21). The van der Waals surface area contributed by atoms with Crippen LogP contribution in [0.1, 0.15) is 31.5 Å². The third kappa shape index (κ3) is 2.46. The van der Waals surface area contributed by atoms with Gasteiger partial charge in [0.1, 0.15) is 0 Å². The smallest absolute Gasteiger partial charge is 0.177 e. The van der Waals surface area contributed by atoms with Crippen LogP contribution in [0.5, 0.6) is 0 Å². The van der Waals surface area contributed by atoms with Crippen LogP contribution in [-0.4, -0.2) is 62.0 Å². The predicted molar refractivity (Wildman–Crippen MR) is 94.4 cm³/mol. The summed E-state index contributed by atoms with van der Waals surface area (Å²) in [6.07, 6.45) is 3.53. The van der Waals surface area contributed by atoms with Crippen LogP contribution >= 0.6 is 0 Å². The molecule has 0 aromatic carbocycles. The Labute approximate surface area is 146 Å². The summed E-state index contributed by atoms with van der Waals surface area (Å²) in [4.78, 5) is 14.2. The number of nitrogens with zero attached hydrogens (tertiary/aromatic N) is 5. The second-order valence-electron chi connectivity index (χ2n) is 7.33. The quantitative estimate of drug-likeness (QED) is 0.789. The summed E-state index contributed by atoms with van der Waals surface area (Å²) in [5.74, 6) is 0.549. The van der Waals surface area contributed by atoms with Crippen LogP contribution in [0.25, 0.3) is 22.4 Å². The molecule has 2 fully saturated rings. The maximum Gasteiger partial charge on any atom is 0.177 e. The van der Waals surface area contributed by atoms with Gasteiger partial charge in [-0.3, -0.25) is 9.58 Å². The van der Waals surface area contributed by atoms with Gasteiger partial charge in [-0.05, 0) is 26.0 Å². The zero-order chi connectivity index (χ0) is 17.0. The second-order valence-corrected chi connectivity index (χ2v) is 7.33. The zero-order valence-corrected chi connectivity index (χ0v) is 14.5. The fourth-order valence-electron chi connectivity index (χ4n) is 3.67. The Morgan fingerprint density at radius 2 is 2.04 bits per heavy atom. The molecule has 1 N–H and O–H groups in total. The van der Waals surface area contributed by atoms with E-state index in [4.69, 9.17) is 9.84 Å². The lowest BCUT2D eigenvalue weighted by Gasteiger charge is -2.47. The highest BCUT2D eigenvalue weighted by Crippen LogP contribution is 2.34. The zero-order valence-electron chi connectivity index (χ0n) is 14.5. The number of H-pyrrole nitrogens is 1. The molecule has 3 aromatic rings. The van der Waals surface area contributed by atoms with Gasteiger partial charge in [0.15, 0.2) is 5.65 Å². The van der Waals surface area contributed by atoms with Crippen LogP contribution < -0.4 is 0 Å². The van der Waals surface area contributed by atoms with E-state index in [9.17, 15) is 0 Å². The first-order valence-electron chi connectivity index (χ1n) is 8.90. The van der Waals surface area contributed by atoms with Gasteiger partial charge in [0, 0.05) is 42.5 Å². The van der Waals surface area contributed by atoms with Gasteiger partial charge in [0.05, 0.1) is 36.8 Å². The van der Waals surface area contributed by atoms with Gasteiger partial charge in [-0.25, -0.2) is 9.97 Å². The normalized spacial score (nSPS) is 19.5. The number of fused-ring (bicyclic) bond motifs is 1. The van der Waals surface area contributed by atoms with Gasteiger partial charge in [-0.1, -0.05) is 0 Å². The molecule has 25 heavy (non-hydrogen) atoms. The van der Waals surface area contributed by atoms with Crippen molar-refractivity contribution in [2.75, 3.05) is 26.3 Å². The Bertz CT molecular complexity index is 903. The molecule has 5 rings (SSSR count). The molecule has 7 nitrogen and oxygen atoms in total. The van der Waals surface area contributed by atoms with Crippen molar-refractivity contribution in [3.63, 3.8) is 0 Å². The molecule has 2 aliphatic rings. The van der Waals surface area contributed by atoms with Crippen LogP contribution in [0.2, 0.25) is 0 Å². The van der Waals surface area contributed by atoms with Gasteiger partial charge in [-0.15, -0.1) is 0 Å². The van der Waals surface area contributed by atoms with Crippen molar-refractivity contribution < 1.29 is 4.74 Å². The first-order valence-corrected chi connectivity index (χ1v) is 8.90. The Morgan fingerprint density at radius 3 is 2.76 bits per heavy atom. The Kier molecular flexibility index (Phi) is 3.39. The molecule has 0 radical (unpaired) electrons. The van der Waals surface area contributed by atoms with Gasteiger partial charge in [0.2, 0.25) is 0 Å². The molecular formula is C18H22N6O. The van der Waals surface area contributed by atoms with Crippen molar-refractivity contribution in [2.45, 2.75) is 31.8 Å². The number of pyridine rings is 1. The predicted octanol–water partition coefficient (Wildman–Crippen LogP) is 2.20. The maximum atomic E-state index is 5.31. The molecule has 0 saturated carbocycles. The molecule has 5 heterocycles. The van der Waals surface area contributed by atoms with Crippen LogP contribution in [0.3, 0.4) is 0 Å². The molecule has 2 saturated heterocycles. The summed E-state index contributed by atoms with van der Waals surface area (Å²) in [6, 6.07) is 5.27. The average molecular weight is 338 g/mol. The number of hydrogen-bond acceptors (Lipinski definition) is 5. The highest BCUT2D eigenvalue weighted by Gasteiger charge is 2.38. The molecule has 130 valence electrons. The Hall–Kier alpha value is -2.25. The highest BCUT2D eigenvalue weighted by atomic mass is 16.5. The summed E-state index contributed by atoms with van der Waals surface area (Å²) in [5.41, 5.74) is 5.02. The number of nitrogens with one attached hydrogen (secondary N) is 1. The van der Waals surface area contributed by atoms with Crippen molar-refractivity contribution in [3.8, 4) is 11.3 Å². The fourth-order valence-corrected chi connectivity index (χ4v) is 3.67. The number of aromatic nitrogens is 5. The lowest BCUT2D eigenvalue weighted by Crippen LogP contribution is -2.58. The van der Waals surface area contributed by atoms with E-state index in [0.717, 1.165) is 48.7 Å². The SMILES string of the molecule is CC(C)n1nc(-c2cnc3nc[nH]c3c2)cc1C1CN(C2COC2)C1. The van der Waals surface area contributed by atoms with Crippen molar-refractivity contribution in [3.05, 3.63) is 30.4 Å². The van der Waals surface area contributed by atoms with Crippen molar-refractivity contribution in [1.29, 1.82) is 0 Å². The molecular weight excluding hydrogens is 316 g/mol. The molecule has 3 aromatic heterocycles. The van der Waals surface area contributed by atoms with E-state index in [1.807, 2.05) is 6.20 Å². The number of likely N-dealkylation sites (tertiary alicyclic amines) is 1. The average Bonchev–Trinajstić information content (AvgIpc) is 3.14. The van der Waals surface area contributed by atoms with E-state index >= 15 is 0 Å². The first kappa shape index (κ1) is 15.0. The minimum Gasteiger partial charge on any atom is -0.378 e. The van der Waals surface area contributed by atoms with Crippen LogP contribution in [0.15, 0.2) is 24.7 Å². The number of rotatable bonds is 4. The molecule has 0 atom stereocenters. The second kappa shape index (κ2) is 5.64. The van der Waals surface area contributed by atoms with E-state index < -0.39 is 0 Å². The lowest BCUT2D eigenvalue weighted by molar-refractivity contribution is -0.0913. The molecule has 2 aliphatic heterocycles. The summed E-state index contributed by atoms with van der Waals surface area (Å²) in [5, 5.41) is 4.88. The maximum absolute atomic E-state index is 5.31. The number of imidazole rings is 1. The number of hydrogen-bond donors (Lipinski definition) is 1. The van der Waals surface area contributed by atoms with Gasteiger partial charge < -0.3 is 9.72 Å². The minimum atomic E-state index is 0.341. The molecule has 7 heteroatoms. The molecule has 0 spiro atoms. The molecule has 0 aliphatic carbocycles. The van der Waals surface area contributed by atoms with Crippen molar-refractivity contribution in [1.82, 2.24) is 29.6 Å². The van der Waals surface area contributed by atoms with Crippen molar-refractivity contribution in [2.24, 2.45) is 0 Å². The van der Waals surface area contributed by atoms with E-state index in [0.29, 0.717) is 18.0 Å². The van der Waals surface area contributed by atoms with E-state index in [1.165, 1.54) is 5.69 Å². The summed E-state index contributed by atoms with van der Waals surface area (Å²) < 4.78 is 7.48. The van der Waals surface area contributed by atoms with Gasteiger partial charge in [-0.2, -0.15) is 5.10 Å². The molecule has 0 unspecified atom stereocenters. The van der Waals surface area contributed by atoms with Crippen molar-refractivity contribution >= 4 is 11.2 Å². The highest BCUT2D eigenvalue weighted by molar-refractivity contribution is 5.76. The van der Waals surface area contributed by atoms with Gasteiger partial charge in [0.25, 0.3) is 0 Å². The summed E-state index contributed by atoms with van der Waals surface area (Å²) in [6.45, 7) is 8.35. The van der Waals surface area contributed by atoms with E-state index in [1.54, 1.807) is 6.33 Å². The van der Waals surface area contributed by atoms with Crippen LogP contribution in [0, 0.1) is 0 Å². The fraction of sp³-hybridized carbons (Fsp3) is 0.500. The first-order chi connectivity index (χ1) is 12.2.